The molecule has 0 aromatic carbocycles. The molecular formula is C6H12N4. The Hall–Kier alpha value is -1.19. The maximum Gasteiger partial charge on any atom is 0.146 e. The molecule has 0 amide bonds. The minimum Gasteiger partial charge on any atom is -0.403 e. The summed E-state index contributed by atoms with van der Waals surface area (Å²) in [5.41, 5.74) is 6.21. The third-order valence-corrected chi connectivity index (χ3v) is 1.38. The van der Waals surface area contributed by atoms with Gasteiger partial charge in [0.25, 0.3) is 0 Å². The van der Waals surface area contributed by atoms with Crippen molar-refractivity contribution in [1.82, 2.24) is 10.6 Å². The van der Waals surface area contributed by atoms with E-state index >= 15 is 0 Å². The number of hydrogen-bond acceptors (Lipinski definition) is 3. The zero-order valence-electron chi connectivity index (χ0n) is 6.02. The maximum absolute atomic E-state index is 5.32. The van der Waals surface area contributed by atoms with Crippen LogP contribution in [-0.4, -0.2) is 26.0 Å². The highest BCUT2D eigenvalue weighted by Crippen LogP contribution is 1.92. The van der Waals surface area contributed by atoms with E-state index in [2.05, 4.69) is 15.6 Å². The van der Waals surface area contributed by atoms with Crippen molar-refractivity contribution in [2.45, 2.75) is 0 Å². The quantitative estimate of drug-likeness (QED) is 0.405. The van der Waals surface area contributed by atoms with E-state index < -0.39 is 0 Å². The molecule has 0 unspecified atom stereocenters. The smallest absolute Gasteiger partial charge is 0.146 e. The van der Waals surface area contributed by atoms with Gasteiger partial charge in [0.15, 0.2) is 0 Å². The van der Waals surface area contributed by atoms with Crippen molar-refractivity contribution in [3.63, 3.8) is 0 Å². The van der Waals surface area contributed by atoms with Gasteiger partial charge in [0.05, 0.1) is 5.70 Å². The number of piperazine rings is 1. The SMILES string of the molecule is CN=C1NCCNC1=CN. The average Bonchev–Trinajstić information content (AvgIpc) is 2.04. The Morgan fingerprint density at radius 2 is 2.20 bits per heavy atom. The summed E-state index contributed by atoms with van der Waals surface area (Å²) in [5, 5.41) is 6.22. The van der Waals surface area contributed by atoms with Gasteiger partial charge in [-0.1, -0.05) is 0 Å². The number of nitrogens with two attached hydrogens (primary N) is 1. The van der Waals surface area contributed by atoms with Crippen molar-refractivity contribution < 1.29 is 0 Å². The highest BCUT2D eigenvalue weighted by molar-refractivity contribution is 5.98. The molecule has 56 valence electrons. The van der Waals surface area contributed by atoms with Crippen molar-refractivity contribution in [3.05, 3.63) is 11.9 Å². The molecule has 4 N–H and O–H groups in total. The molecular weight excluding hydrogens is 128 g/mol. The number of rotatable bonds is 0. The second-order valence-corrected chi connectivity index (χ2v) is 2.01. The predicted molar refractivity (Wildman–Crippen MR) is 41.6 cm³/mol. The second kappa shape index (κ2) is 3.10. The average molecular weight is 140 g/mol. The lowest BCUT2D eigenvalue weighted by atomic mass is 10.3. The Labute approximate surface area is 60.2 Å². The summed E-state index contributed by atoms with van der Waals surface area (Å²) in [6.45, 7) is 1.81. The van der Waals surface area contributed by atoms with Crippen LogP contribution in [0.15, 0.2) is 16.9 Å². The van der Waals surface area contributed by atoms with Crippen LogP contribution in [0.2, 0.25) is 0 Å². The number of amidine groups is 1. The third kappa shape index (κ3) is 1.21. The summed E-state index contributed by atoms with van der Waals surface area (Å²) < 4.78 is 0. The van der Waals surface area contributed by atoms with Crippen LogP contribution in [0.25, 0.3) is 0 Å². The van der Waals surface area contributed by atoms with E-state index in [0.717, 1.165) is 24.6 Å². The van der Waals surface area contributed by atoms with Crippen molar-refractivity contribution in [1.29, 1.82) is 0 Å². The molecule has 0 aliphatic carbocycles. The molecule has 0 radical (unpaired) electrons. The van der Waals surface area contributed by atoms with Gasteiger partial charge in [-0.05, 0) is 0 Å². The first-order chi connectivity index (χ1) is 4.88. The van der Waals surface area contributed by atoms with Crippen LogP contribution >= 0.6 is 0 Å². The van der Waals surface area contributed by atoms with Crippen LogP contribution in [0.5, 0.6) is 0 Å². The Kier molecular flexibility index (Phi) is 2.15. The summed E-state index contributed by atoms with van der Waals surface area (Å²) in [6, 6.07) is 0. The summed E-state index contributed by atoms with van der Waals surface area (Å²) in [6.07, 6.45) is 1.52. The predicted octanol–water partition coefficient (Wildman–Crippen LogP) is -0.992. The number of nitrogens with zero attached hydrogens (tertiary/aromatic N) is 1. The molecule has 0 spiro atoms. The van der Waals surface area contributed by atoms with Crippen LogP contribution in [0.4, 0.5) is 0 Å². The molecule has 1 heterocycles. The first kappa shape index (κ1) is 6.92. The fourth-order valence-corrected chi connectivity index (χ4v) is 0.894. The summed E-state index contributed by atoms with van der Waals surface area (Å²) >= 11 is 0. The lowest BCUT2D eigenvalue weighted by Crippen LogP contribution is -2.43. The van der Waals surface area contributed by atoms with Crippen LogP contribution in [0.1, 0.15) is 0 Å². The van der Waals surface area contributed by atoms with Gasteiger partial charge >= 0.3 is 0 Å². The standard InChI is InChI=1S/C6H12N4/c1-8-6-5(4-7)9-2-3-10-6/h4,9H,2-3,7H2,1H3,(H,8,10). The van der Waals surface area contributed by atoms with Gasteiger partial charge in [0.2, 0.25) is 0 Å². The molecule has 1 aliphatic heterocycles. The molecule has 0 atom stereocenters. The van der Waals surface area contributed by atoms with Gasteiger partial charge in [-0.2, -0.15) is 0 Å². The molecule has 1 fully saturated rings. The molecule has 4 heteroatoms. The summed E-state index contributed by atoms with van der Waals surface area (Å²) in [5.74, 6) is 0.841. The van der Waals surface area contributed by atoms with E-state index in [1.165, 1.54) is 6.20 Å². The van der Waals surface area contributed by atoms with E-state index in [-0.39, 0.29) is 0 Å². The largest absolute Gasteiger partial charge is 0.403 e. The molecule has 0 aromatic heterocycles. The van der Waals surface area contributed by atoms with Crippen molar-refractivity contribution in [2.75, 3.05) is 20.1 Å². The minimum absolute atomic E-state index is 0.841. The van der Waals surface area contributed by atoms with Crippen LogP contribution in [0, 0.1) is 0 Å². The lowest BCUT2D eigenvalue weighted by molar-refractivity contribution is 0.724. The Balaban J connectivity index is 2.69. The van der Waals surface area contributed by atoms with Crippen molar-refractivity contribution >= 4 is 5.84 Å². The molecule has 1 saturated heterocycles. The highest BCUT2D eigenvalue weighted by Gasteiger charge is 2.08. The van der Waals surface area contributed by atoms with Crippen molar-refractivity contribution in [2.24, 2.45) is 10.7 Å². The van der Waals surface area contributed by atoms with E-state index in [0.29, 0.717) is 0 Å². The number of hydrogen-bond donors (Lipinski definition) is 3. The van der Waals surface area contributed by atoms with Crippen LogP contribution < -0.4 is 16.4 Å². The normalized spacial score (nSPS) is 26.1. The molecule has 10 heavy (non-hydrogen) atoms. The Bertz CT molecular complexity index is 151. The highest BCUT2D eigenvalue weighted by atomic mass is 15.1. The monoisotopic (exact) mass is 140 g/mol. The zero-order valence-corrected chi connectivity index (χ0v) is 6.02. The first-order valence-electron chi connectivity index (χ1n) is 3.25. The van der Waals surface area contributed by atoms with Crippen LogP contribution in [-0.2, 0) is 0 Å². The van der Waals surface area contributed by atoms with Gasteiger partial charge < -0.3 is 16.4 Å². The Morgan fingerprint density at radius 1 is 1.50 bits per heavy atom. The zero-order chi connectivity index (χ0) is 7.40. The topological polar surface area (TPSA) is 62.4 Å². The van der Waals surface area contributed by atoms with E-state index in [1.54, 1.807) is 7.05 Å². The molecule has 4 nitrogen and oxygen atoms in total. The lowest BCUT2D eigenvalue weighted by Gasteiger charge is -2.19. The second-order valence-electron chi connectivity index (χ2n) is 2.01. The minimum atomic E-state index is 0.841. The van der Waals surface area contributed by atoms with Crippen LogP contribution in [0.3, 0.4) is 0 Å². The van der Waals surface area contributed by atoms with E-state index in [4.69, 9.17) is 5.73 Å². The van der Waals surface area contributed by atoms with Gasteiger partial charge in [-0.15, -0.1) is 0 Å². The molecule has 0 bridgehead atoms. The first-order valence-corrected chi connectivity index (χ1v) is 3.25. The van der Waals surface area contributed by atoms with Crippen molar-refractivity contribution in [3.8, 4) is 0 Å². The van der Waals surface area contributed by atoms with Gasteiger partial charge in [0, 0.05) is 26.3 Å². The fourth-order valence-electron chi connectivity index (χ4n) is 0.894. The number of nitrogens with one attached hydrogen (secondary N) is 2. The number of aliphatic imine (C=N–C) groups is 1. The maximum atomic E-state index is 5.32. The van der Waals surface area contributed by atoms with Gasteiger partial charge in [0.1, 0.15) is 5.84 Å². The molecule has 1 rings (SSSR count). The summed E-state index contributed by atoms with van der Waals surface area (Å²) in [4.78, 5) is 3.99. The fraction of sp³-hybridized carbons (Fsp3) is 0.500. The van der Waals surface area contributed by atoms with E-state index in [9.17, 15) is 0 Å². The molecule has 0 aromatic rings. The van der Waals surface area contributed by atoms with Gasteiger partial charge in [-0.3, -0.25) is 4.99 Å². The summed E-state index contributed by atoms with van der Waals surface area (Å²) in [7, 11) is 1.73. The van der Waals surface area contributed by atoms with E-state index in [1.807, 2.05) is 0 Å². The molecule has 0 saturated carbocycles. The Morgan fingerprint density at radius 3 is 2.70 bits per heavy atom. The van der Waals surface area contributed by atoms with Gasteiger partial charge in [-0.25, -0.2) is 0 Å². The molecule has 1 aliphatic rings. The third-order valence-electron chi connectivity index (χ3n) is 1.38.